The normalized spacial score (nSPS) is 12.6. The van der Waals surface area contributed by atoms with Crippen molar-refractivity contribution in [3.05, 3.63) is 53.7 Å². The summed E-state index contributed by atoms with van der Waals surface area (Å²) in [5, 5.41) is 16.3. The van der Waals surface area contributed by atoms with Crippen LogP contribution in [0, 0.1) is 5.82 Å². The largest absolute Gasteiger partial charge is 0.387 e. The van der Waals surface area contributed by atoms with Gasteiger partial charge in [0.2, 0.25) is 0 Å². The van der Waals surface area contributed by atoms with E-state index in [-0.39, 0.29) is 12.1 Å². The van der Waals surface area contributed by atoms with Crippen molar-refractivity contribution in [3.8, 4) is 0 Å². The first-order valence-corrected chi connectivity index (χ1v) is 5.30. The summed E-state index contributed by atoms with van der Waals surface area (Å²) in [4.78, 5) is 0. The van der Waals surface area contributed by atoms with Gasteiger partial charge in [0, 0.05) is 18.2 Å². The maximum absolute atomic E-state index is 13.3. The Kier molecular flexibility index (Phi) is 3.85. The average Bonchev–Trinajstić information content (AvgIpc) is 2.82. The molecule has 0 saturated heterocycles. The molecule has 1 heterocycles. The van der Waals surface area contributed by atoms with Crippen LogP contribution in [-0.4, -0.2) is 16.8 Å². The Morgan fingerprint density at radius 2 is 2.18 bits per heavy atom. The Morgan fingerprint density at radius 1 is 1.35 bits per heavy atom. The van der Waals surface area contributed by atoms with Crippen LogP contribution in [0.5, 0.6) is 0 Å². The Labute approximate surface area is 98.1 Å². The van der Waals surface area contributed by atoms with E-state index < -0.39 is 11.9 Å². The predicted octanol–water partition coefficient (Wildman–Crippen LogP) is 1.64. The van der Waals surface area contributed by atoms with Gasteiger partial charge in [-0.15, -0.1) is 0 Å². The third-order valence-corrected chi connectivity index (χ3v) is 2.39. The number of hydrogen-bond donors (Lipinski definition) is 2. The van der Waals surface area contributed by atoms with E-state index in [0.717, 1.165) is 0 Å². The van der Waals surface area contributed by atoms with Crippen molar-refractivity contribution in [3.63, 3.8) is 0 Å². The summed E-state index contributed by atoms with van der Waals surface area (Å²) < 4.78 is 18.2. The molecule has 0 spiro atoms. The van der Waals surface area contributed by atoms with Crippen molar-refractivity contribution in [1.82, 2.24) is 10.5 Å². The Morgan fingerprint density at radius 3 is 2.88 bits per heavy atom. The maximum atomic E-state index is 13.3. The van der Waals surface area contributed by atoms with Crippen molar-refractivity contribution >= 4 is 0 Å². The molecule has 17 heavy (non-hydrogen) atoms. The molecule has 0 aliphatic rings. The molecule has 0 amide bonds. The second-order valence-corrected chi connectivity index (χ2v) is 3.65. The number of benzene rings is 1. The predicted molar refractivity (Wildman–Crippen MR) is 59.6 cm³/mol. The van der Waals surface area contributed by atoms with E-state index in [9.17, 15) is 9.50 Å². The Bertz CT molecular complexity index is 459. The van der Waals surface area contributed by atoms with Crippen LogP contribution in [0.4, 0.5) is 4.39 Å². The molecule has 2 rings (SSSR count). The van der Waals surface area contributed by atoms with Gasteiger partial charge < -0.3 is 14.9 Å². The number of aliphatic hydroxyl groups excluding tert-OH is 1. The average molecular weight is 236 g/mol. The van der Waals surface area contributed by atoms with Gasteiger partial charge >= 0.3 is 0 Å². The van der Waals surface area contributed by atoms with Crippen LogP contribution >= 0.6 is 0 Å². The van der Waals surface area contributed by atoms with Crippen molar-refractivity contribution in [1.29, 1.82) is 0 Å². The zero-order valence-corrected chi connectivity index (χ0v) is 9.14. The van der Waals surface area contributed by atoms with Gasteiger partial charge in [-0.25, -0.2) is 4.39 Å². The second kappa shape index (κ2) is 5.56. The topological polar surface area (TPSA) is 58.3 Å². The summed E-state index contributed by atoms with van der Waals surface area (Å²) in [5.74, 6) is 0.271. The van der Waals surface area contributed by atoms with Gasteiger partial charge in [0.05, 0.1) is 18.8 Å². The monoisotopic (exact) mass is 236 g/mol. The Hall–Kier alpha value is -1.72. The quantitative estimate of drug-likeness (QED) is 0.828. The van der Waals surface area contributed by atoms with Gasteiger partial charge in [-0.1, -0.05) is 23.4 Å². The minimum absolute atomic E-state index is 0.252. The third-order valence-electron chi connectivity index (χ3n) is 2.39. The standard InChI is InChI=1S/C12H13FN2O2/c13-11-4-2-1-3-10(11)12(16)8-14-7-9-5-6-15-17-9/h1-6,12,14,16H,7-8H2. The van der Waals surface area contributed by atoms with Crippen LogP contribution in [0.15, 0.2) is 41.1 Å². The summed E-state index contributed by atoms with van der Waals surface area (Å²) in [5.41, 5.74) is 0.289. The van der Waals surface area contributed by atoms with E-state index in [1.165, 1.54) is 6.07 Å². The smallest absolute Gasteiger partial charge is 0.150 e. The van der Waals surface area contributed by atoms with Gasteiger partial charge in [-0.2, -0.15) is 0 Å². The molecular formula is C12H13FN2O2. The van der Waals surface area contributed by atoms with Crippen LogP contribution in [-0.2, 0) is 6.54 Å². The number of aromatic nitrogens is 1. The number of nitrogens with zero attached hydrogens (tertiary/aromatic N) is 1. The molecule has 1 atom stereocenters. The number of rotatable bonds is 5. The molecule has 0 aliphatic heterocycles. The lowest BCUT2D eigenvalue weighted by Crippen LogP contribution is -2.21. The first-order valence-electron chi connectivity index (χ1n) is 5.30. The van der Waals surface area contributed by atoms with Crippen LogP contribution in [0.3, 0.4) is 0 Å². The molecule has 90 valence electrons. The van der Waals surface area contributed by atoms with Crippen molar-refractivity contribution in [2.24, 2.45) is 0 Å². The molecule has 2 N–H and O–H groups in total. The molecule has 2 aromatic rings. The van der Waals surface area contributed by atoms with Crippen LogP contribution in [0.2, 0.25) is 0 Å². The number of halogens is 1. The minimum Gasteiger partial charge on any atom is -0.387 e. The number of aliphatic hydroxyl groups is 1. The molecular weight excluding hydrogens is 223 g/mol. The molecule has 0 radical (unpaired) electrons. The molecule has 1 unspecified atom stereocenters. The molecule has 5 heteroatoms. The van der Waals surface area contributed by atoms with Crippen LogP contribution < -0.4 is 5.32 Å². The number of nitrogens with one attached hydrogen (secondary N) is 1. The van der Waals surface area contributed by atoms with E-state index >= 15 is 0 Å². The SMILES string of the molecule is OC(CNCc1ccno1)c1ccccc1F. The maximum Gasteiger partial charge on any atom is 0.150 e. The van der Waals surface area contributed by atoms with Gasteiger partial charge in [0.25, 0.3) is 0 Å². The van der Waals surface area contributed by atoms with E-state index in [0.29, 0.717) is 12.3 Å². The highest BCUT2D eigenvalue weighted by atomic mass is 19.1. The molecule has 1 aromatic carbocycles. The molecule has 0 bridgehead atoms. The summed E-state index contributed by atoms with van der Waals surface area (Å²) >= 11 is 0. The first-order chi connectivity index (χ1) is 8.27. The fourth-order valence-corrected chi connectivity index (χ4v) is 1.52. The van der Waals surface area contributed by atoms with Gasteiger partial charge in [0.15, 0.2) is 0 Å². The molecule has 0 fully saturated rings. The third kappa shape index (κ3) is 3.12. The minimum atomic E-state index is -0.876. The zero-order chi connectivity index (χ0) is 12.1. The molecule has 4 nitrogen and oxygen atoms in total. The van der Waals surface area contributed by atoms with E-state index in [2.05, 4.69) is 10.5 Å². The van der Waals surface area contributed by atoms with E-state index in [1.54, 1.807) is 30.5 Å². The first kappa shape index (κ1) is 11.8. The number of hydrogen-bond acceptors (Lipinski definition) is 4. The van der Waals surface area contributed by atoms with Gasteiger partial charge in [-0.05, 0) is 6.07 Å². The highest BCUT2D eigenvalue weighted by Gasteiger charge is 2.11. The molecule has 0 saturated carbocycles. The fourth-order valence-electron chi connectivity index (χ4n) is 1.52. The highest BCUT2D eigenvalue weighted by Crippen LogP contribution is 2.15. The van der Waals surface area contributed by atoms with Crippen molar-refractivity contribution in [2.45, 2.75) is 12.6 Å². The zero-order valence-electron chi connectivity index (χ0n) is 9.14. The molecule has 1 aromatic heterocycles. The summed E-state index contributed by atoms with van der Waals surface area (Å²) in [6, 6.07) is 7.90. The van der Waals surface area contributed by atoms with Crippen molar-refractivity contribution < 1.29 is 14.0 Å². The van der Waals surface area contributed by atoms with Crippen LogP contribution in [0.25, 0.3) is 0 Å². The summed E-state index contributed by atoms with van der Waals surface area (Å²) in [7, 11) is 0. The summed E-state index contributed by atoms with van der Waals surface area (Å²) in [6.07, 6.45) is 0.670. The highest BCUT2D eigenvalue weighted by molar-refractivity contribution is 5.19. The van der Waals surface area contributed by atoms with Crippen molar-refractivity contribution in [2.75, 3.05) is 6.54 Å². The van der Waals surface area contributed by atoms with E-state index in [1.807, 2.05) is 0 Å². The summed E-state index contributed by atoms with van der Waals surface area (Å²) in [6.45, 7) is 0.702. The Balaban J connectivity index is 1.85. The fraction of sp³-hybridized carbons (Fsp3) is 0.250. The second-order valence-electron chi connectivity index (χ2n) is 3.65. The van der Waals surface area contributed by atoms with Gasteiger partial charge in [0.1, 0.15) is 11.6 Å². The molecule has 0 aliphatic carbocycles. The van der Waals surface area contributed by atoms with Crippen LogP contribution in [0.1, 0.15) is 17.4 Å². The lowest BCUT2D eigenvalue weighted by Gasteiger charge is -2.12. The van der Waals surface area contributed by atoms with Gasteiger partial charge in [-0.3, -0.25) is 0 Å². The lowest BCUT2D eigenvalue weighted by molar-refractivity contribution is 0.168. The van der Waals surface area contributed by atoms with E-state index in [4.69, 9.17) is 4.52 Å². The lowest BCUT2D eigenvalue weighted by atomic mass is 10.1.